The maximum absolute atomic E-state index is 12.9. The molecule has 0 aliphatic heterocycles. The molecule has 92 valence electrons. The first-order valence-corrected chi connectivity index (χ1v) is 6.56. The van der Waals surface area contributed by atoms with Gasteiger partial charge in [0.2, 0.25) is 0 Å². The predicted molar refractivity (Wildman–Crippen MR) is 72.8 cm³/mol. The van der Waals surface area contributed by atoms with E-state index in [0.717, 1.165) is 28.8 Å². The van der Waals surface area contributed by atoms with Crippen LogP contribution in [-0.2, 0) is 6.42 Å². The van der Waals surface area contributed by atoms with Crippen molar-refractivity contribution in [3.05, 3.63) is 40.5 Å². The van der Waals surface area contributed by atoms with E-state index < -0.39 is 0 Å². The molecular weight excluding hydrogens is 247 g/mol. The summed E-state index contributed by atoms with van der Waals surface area (Å²) in [5, 5.41) is 9.04. The van der Waals surface area contributed by atoms with Crippen molar-refractivity contribution in [1.82, 2.24) is 0 Å². The van der Waals surface area contributed by atoms with Crippen LogP contribution in [0.1, 0.15) is 23.8 Å². The summed E-state index contributed by atoms with van der Waals surface area (Å²) in [4.78, 5) is 1.52. The van der Waals surface area contributed by atoms with Gasteiger partial charge in [-0.05, 0) is 29.7 Å². The van der Waals surface area contributed by atoms with E-state index in [9.17, 15) is 4.39 Å². The van der Waals surface area contributed by atoms with Crippen LogP contribution in [0.15, 0.2) is 24.3 Å². The summed E-state index contributed by atoms with van der Waals surface area (Å²) >= 11 is 1.38. The van der Waals surface area contributed by atoms with E-state index in [4.69, 9.17) is 11.0 Å². The number of rotatable bonds is 3. The normalized spacial score (nSPS) is 10.3. The quantitative estimate of drug-likeness (QED) is 0.908. The third-order valence-electron chi connectivity index (χ3n) is 2.76. The van der Waals surface area contributed by atoms with Crippen LogP contribution in [0, 0.1) is 17.1 Å². The Bertz CT molecular complexity index is 593. The monoisotopic (exact) mass is 260 g/mol. The number of nitrogen functional groups attached to an aromatic ring is 1. The first-order chi connectivity index (χ1) is 8.67. The Morgan fingerprint density at radius 1 is 1.33 bits per heavy atom. The van der Waals surface area contributed by atoms with Crippen LogP contribution in [0.2, 0.25) is 0 Å². The molecule has 1 heterocycles. The summed E-state index contributed by atoms with van der Waals surface area (Å²) in [7, 11) is 0. The van der Waals surface area contributed by atoms with Crippen molar-refractivity contribution in [2.75, 3.05) is 5.73 Å². The van der Waals surface area contributed by atoms with Crippen LogP contribution in [0.5, 0.6) is 0 Å². The second-order valence-corrected chi connectivity index (χ2v) is 5.04. The number of hydrogen-bond donors (Lipinski definition) is 1. The molecule has 4 heteroatoms. The van der Waals surface area contributed by atoms with Gasteiger partial charge >= 0.3 is 0 Å². The largest absolute Gasteiger partial charge is 0.397 e. The average molecular weight is 260 g/mol. The van der Waals surface area contributed by atoms with Gasteiger partial charge in [0.05, 0.1) is 5.69 Å². The summed E-state index contributed by atoms with van der Waals surface area (Å²) in [5.41, 5.74) is 8.47. The maximum atomic E-state index is 12.9. The molecule has 2 nitrogen and oxygen atoms in total. The zero-order valence-corrected chi connectivity index (χ0v) is 10.9. The van der Waals surface area contributed by atoms with E-state index in [1.165, 1.54) is 23.5 Å². The highest BCUT2D eigenvalue weighted by molar-refractivity contribution is 7.16. The summed E-state index contributed by atoms with van der Waals surface area (Å²) in [6.45, 7) is 2.07. The second-order valence-electron chi connectivity index (χ2n) is 4.02. The Morgan fingerprint density at radius 3 is 2.56 bits per heavy atom. The molecule has 0 atom stereocenters. The predicted octanol–water partition coefficient (Wildman–Crippen LogP) is 3.96. The molecule has 0 unspecified atom stereocenters. The van der Waals surface area contributed by atoms with Crippen molar-refractivity contribution in [2.24, 2.45) is 0 Å². The fourth-order valence-corrected chi connectivity index (χ4v) is 2.97. The van der Waals surface area contributed by atoms with Gasteiger partial charge in [-0.3, -0.25) is 0 Å². The van der Waals surface area contributed by atoms with Crippen molar-refractivity contribution in [2.45, 2.75) is 19.8 Å². The molecule has 2 aromatic rings. The maximum Gasteiger partial charge on any atom is 0.128 e. The molecule has 0 spiro atoms. The van der Waals surface area contributed by atoms with Crippen LogP contribution < -0.4 is 5.73 Å². The first-order valence-electron chi connectivity index (χ1n) is 5.74. The molecule has 0 saturated carbocycles. The molecule has 0 fully saturated rings. The molecule has 0 saturated heterocycles. The zero-order valence-electron chi connectivity index (χ0n) is 10.0. The van der Waals surface area contributed by atoms with Crippen molar-refractivity contribution in [1.29, 1.82) is 5.26 Å². The zero-order chi connectivity index (χ0) is 13.1. The van der Waals surface area contributed by atoms with Gasteiger partial charge in [-0.15, -0.1) is 11.3 Å². The fourth-order valence-electron chi connectivity index (χ4n) is 1.89. The van der Waals surface area contributed by atoms with Gasteiger partial charge in [0.1, 0.15) is 16.8 Å². The molecule has 0 radical (unpaired) electrons. The summed E-state index contributed by atoms with van der Waals surface area (Å²) < 4.78 is 12.9. The fraction of sp³-hybridized carbons (Fsp3) is 0.214. The van der Waals surface area contributed by atoms with Crippen molar-refractivity contribution in [3.8, 4) is 16.5 Å². The lowest BCUT2D eigenvalue weighted by molar-refractivity contribution is 0.628. The van der Waals surface area contributed by atoms with Crippen molar-refractivity contribution < 1.29 is 4.39 Å². The van der Waals surface area contributed by atoms with E-state index >= 15 is 0 Å². The van der Waals surface area contributed by atoms with Crippen LogP contribution in [0.4, 0.5) is 10.1 Å². The summed E-state index contributed by atoms with van der Waals surface area (Å²) in [6.07, 6.45) is 1.79. The number of hydrogen-bond acceptors (Lipinski definition) is 3. The molecule has 0 aliphatic rings. The number of halogens is 1. The van der Waals surface area contributed by atoms with Gasteiger partial charge < -0.3 is 5.73 Å². The van der Waals surface area contributed by atoms with Crippen molar-refractivity contribution in [3.63, 3.8) is 0 Å². The highest BCUT2D eigenvalue weighted by atomic mass is 32.1. The van der Waals surface area contributed by atoms with E-state index in [1.54, 1.807) is 12.1 Å². The molecule has 2 N–H and O–H groups in total. The van der Waals surface area contributed by atoms with E-state index in [2.05, 4.69) is 13.0 Å². The number of nitrogens with two attached hydrogens (primary N) is 1. The van der Waals surface area contributed by atoms with Gasteiger partial charge in [-0.2, -0.15) is 5.26 Å². The molecule has 0 aliphatic carbocycles. The Morgan fingerprint density at radius 2 is 2.00 bits per heavy atom. The van der Waals surface area contributed by atoms with Crippen LogP contribution in [0.3, 0.4) is 0 Å². The first kappa shape index (κ1) is 12.6. The highest BCUT2D eigenvalue weighted by Gasteiger charge is 2.16. The minimum atomic E-state index is -0.263. The third kappa shape index (κ3) is 2.22. The minimum absolute atomic E-state index is 0.263. The lowest BCUT2D eigenvalue weighted by Crippen LogP contribution is -1.93. The van der Waals surface area contributed by atoms with Crippen molar-refractivity contribution >= 4 is 17.0 Å². The lowest BCUT2D eigenvalue weighted by Gasteiger charge is -2.03. The smallest absolute Gasteiger partial charge is 0.128 e. The lowest BCUT2D eigenvalue weighted by atomic mass is 10.0. The SMILES string of the molecule is CCCc1c(-c2ccc(F)cc2)sc(C#N)c1N. The standard InChI is InChI=1S/C14H13FN2S/c1-2-3-11-13(17)12(8-16)18-14(11)9-4-6-10(15)7-5-9/h4-7H,2-3,17H2,1H3. The molecule has 0 amide bonds. The third-order valence-corrected chi connectivity index (χ3v) is 3.96. The van der Waals surface area contributed by atoms with Crippen LogP contribution in [-0.4, -0.2) is 0 Å². The van der Waals surface area contributed by atoms with Gasteiger partial charge in [-0.25, -0.2) is 4.39 Å². The Labute approximate surface area is 109 Å². The molecule has 2 rings (SSSR count). The van der Waals surface area contributed by atoms with Gasteiger partial charge in [0.25, 0.3) is 0 Å². The Kier molecular flexibility index (Phi) is 3.63. The number of nitrogens with zero attached hydrogens (tertiary/aromatic N) is 1. The molecule has 18 heavy (non-hydrogen) atoms. The second kappa shape index (κ2) is 5.19. The Hall–Kier alpha value is -1.86. The van der Waals surface area contributed by atoms with E-state index in [0.29, 0.717) is 10.6 Å². The van der Waals surface area contributed by atoms with Gasteiger partial charge in [0, 0.05) is 4.88 Å². The number of benzene rings is 1. The van der Waals surface area contributed by atoms with Crippen LogP contribution >= 0.6 is 11.3 Å². The number of nitriles is 1. The average Bonchev–Trinajstić information content (AvgIpc) is 2.69. The Balaban J connectivity index is 2.56. The minimum Gasteiger partial charge on any atom is -0.397 e. The molecule has 0 bridgehead atoms. The highest BCUT2D eigenvalue weighted by Crippen LogP contribution is 2.39. The topological polar surface area (TPSA) is 49.8 Å². The summed E-state index contributed by atoms with van der Waals surface area (Å²) in [6, 6.07) is 8.41. The molecular formula is C14H13FN2S. The van der Waals surface area contributed by atoms with Gasteiger partial charge in [0.15, 0.2) is 0 Å². The number of thiophene rings is 1. The van der Waals surface area contributed by atoms with E-state index in [-0.39, 0.29) is 5.82 Å². The molecule has 1 aromatic heterocycles. The van der Waals surface area contributed by atoms with Gasteiger partial charge in [-0.1, -0.05) is 25.5 Å². The molecule has 1 aromatic carbocycles. The van der Waals surface area contributed by atoms with Crippen LogP contribution in [0.25, 0.3) is 10.4 Å². The van der Waals surface area contributed by atoms with E-state index in [1.807, 2.05) is 0 Å². The summed E-state index contributed by atoms with van der Waals surface area (Å²) in [5.74, 6) is -0.263. The number of anilines is 1.